The van der Waals surface area contributed by atoms with E-state index >= 15 is 0 Å². The van der Waals surface area contributed by atoms with Crippen molar-refractivity contribution in [3.63, 3.8) is 0 Å². The van der Waals surface area contributed by atoms with Crippen LogP contribution in [0.5, 0.6) is 5.75 Å². The van der Waals surface area contributed by atoms with Crippen LogP contribution in [0.15, 0.2) is 27.9 Å². The van der Waals surface area contributed by atoms with Crippen molar-refractivity contribution in [3.05, 3.63) is 40.1 Å². The highest BCUT2D eigenvalue weighted by molar-refractivity contribution is 7.89. The van der Waals surface area contributed by atoms with E-state index in [1.807, 2.05) is 20.8 Å². The van der Waals surface area contributed by atoms with Gasteiger partial charge < -0.3 is 9.72 Å². The van der Waals surface area contributed by atoms with Gasteiger partial charge in [-0.05, 0) is 50.8 Å². The number of sulfonamides is 1. The van der Waals surface area contributed by atoms with Gasteiger partial charge in [0.25, 0.3) is 5.56 Å². The van der Waals surface area contributed by atoms with Crippen molar-refractivity contribution in [1.29, 1.82) is 0 Å². The molecule has 33 heavy (non-hydrogen) atoms. The maximum absolute atomic E-state index is 13.0. The number of hydrogen-bond donors (Lipinski definition) is 2. The third-order valence-corrected chi connectivity index (χ3v) is 6.97. The summed E-state index contributed by atoms with van der Waals surface area (Å²) in [6, 6.07) is 4.57. The van der Waals surface area contributed by atoms with Crippen LogP contribution in [-0.4, -0.2) is 41.2 Å². The fraction of sp³-hybridized carbons (Fsp3) is 0.522. The van der Waals surface area contributed by atoms with Crippen LogP contribution in [0.1, 0.15) is 64.9 Å². The Morgan fingerprint density at radius 3 is 2.48 bits per heavy atom. The molecule has 0 unspecified atom stereocenters. The summed E-state index contributed by atoms with van der Waals surface area (Å²) in [5, 5.41) is 4.69. The molecule has 9 nitrogen and oxygen atoms in total. The number of imidazole rings is 1. The summed E-state index contributed by atoms with van der Waals surface area (Å²) in [6.07, 6.45) is 1.72. The molecule has 0 aliphatic heterocycles. The molecular formula is C23H33N5O4S. The highest BCUT2D eigenvalue weighted by atomic mass is 32.2. The summed E-state index contributed by atoms with van der Waals surface area (Å²) in [4.78, 5) is 20.5. The first-order valence-corrected chi connectivity index (χ1v) is 12.9. The van der Waals surface area contributed by atoms with Gasteiger partial charge in [0.15, 0.2) is 11.3 Å². The van der Waals surface area contributed by atoms with Gasteiger partial charge in [-0.15, -0.1) is 5.10 Å². The van der Waals surface area contributed by atoms with Crippen molar-refractivity contribution in [1.82, 2.24) is 24.3 Å². The van der Waals surface area contributed by atoms with E-state index < -0.39 is 10.0 Å². The summed E-state index contributed by atoms with van der Waals surface area (Å²) >= 11 is 0. The van der Waals surface area contributed by atoms with E-state index in [-0.39, 0.29) is 28.1 Å². The summed E-state index contributed by atoms with van der Waals surface area (Å²) in [5.41, 5.74) is 1.05. The van der Waals surface area contributed by atoms with Gasteiger partial charge in [-0.25, -0.2) is 22.6 Å². The lowest BCUT2D eigenvalue weighted by Crippen LogP contribution is -2.27. The number of H-pyrrole nitrogens is 1. The quantitative estimate of drug-likeness (QED) is 0.462. The summed E-state index contributed by atoms with van der Waals surface area (Å²) < 4.78 is 35.6. The minimum Gasteiger partial charge on any atom is -0.493 e. The lowest BCUT2D eigenvalue weighted by molar-refractivity contribution is 0.341. The molecular weight excluding hydrogens is 442 g/mol. The van der Waals surface area contributed by atoms with Gasteiger partial charge in [-0.1, -0.05) is 27.7 Å². The predicted molar refractivity (Wildman–Crippen MR) is 128 cm³/mol. The molecule has 0 radical (unpaired) electrons. The summed E-state index contributed by atoms with van der Waals surface area (Å²) in [6.45, 7) is 12.3. The number of benzene rings is 1. The van der Waals surface area contributed by atoms with Crippen LogP contribution in [0.4, 0.5) is 0 Å². The first-order chi connectivity index (χ1) is 15.6. The maximum atomic E-state index is 13.0. The van der Waals surface area contributed by atoms with E-state index in [4.69, 9.17) is 4.74 Å². The number of ether oxygens (including phenoxy) is 1. The minimum atomic E-state index is -3.74. The number of aromatic nitrogens is 4. The second kappa shape index (κ2) is 10.0. The summed E-state index contributed by atoms with van der Waals surface area (Å²) in [7, 11) is -3.74. The monoisotopic (exact) mass is 475 g/mol. The number of rotatable bonds is 10. The lowest BCUT2D eigenvalue weighted by Gasteiger charge is -2.14. The van der Waals surface area contributed by atoms with Crippen molar-refractivity contribution < 1.29 is 13.2 Å². The maximum Gasteiger partial charge on any atom is 0.277 e. The Balaban J connectivity index is 2.23. The second-order valence-electron chi connectivity index (χ2n) is 8.47. The number of nitrogens with zero attached hydrogens (tertiary/aromatic N) is 3. The van der Waals surface area contributed by atoms with Crippen LogP contribution in [0.3, 0.4) is 0 Å². The standard InChI is InChI=1S/C23H33N5O4S/c1-7-16(8-2)22-25-15(6)20-23(29)26-21(27-28(20)22)18-12-17(10-11-19(18)32-9-3)33(30,31)24-13-14(4)5/h10-12,14,16,24H,7-9,13H2,1-6H3,(H,26,27,29). The van der Waals surface area contributed by atoms with Crippen LogP contribution >= 0.6 is 0 Å². The zero-order chi connectivity index (χ0) is 24.3. The highest BCUT2D eigenvalue weighted by Gasteiger charge is 2.23. The number of aromatic amines is 1. The molecule has 0 fully saturated rings. The molecule has 0 amide bonds. The Kier molecular flexibility index (Phi) is 7.58. The Hall–Kier alpha value is -2.72. The number of nitrogens with one attached hydrogen (secondary N) is 2. The van der Waals surface area contributed by atoms with Crippen LogP contribution in [0, 0.1) is 12.8 Å². The van der Waals surface area contributed by atoms with Crippen molar-refractivity contribution >= 4 is 15.5 Å². The highest BCUT2D eigenvalue weighted by Crippen LogP contribution is 2.31. The lowest BCUT2D eigenvalue weighted by atomic mass is 10.0. The predicted octanol–water partition coefficient (Wildman–Crippen LogP) is 3.63. The fourth-order valence-corrected chi connectivity index (χ4v) is 4.97. The van der Waals surface area contributed by atoms with Crippen molar-refractivity contribution in [3.8, 4) is 17.1 Å². The molecule has 0 aliphatic rings. The molecule has 0 saturated heterocycles. The van der Waals surface area contributed by atoms with E-state index in [1.54, 1.807) is 17.5 Å². The Labute approximate surface area is 194 Å². The second-order valence-corrected chi connectivity index (χ2v) is 10.2. The average molecular weight is 476 g/mol. The molecule has 0 bridgehead atoms. The molecule has 0 saturated carbocycles. The number of aryl methyl sites for hydroxylation is 1. The van der Waals surface area contributed by atoms with Crippen molar-refractivity contribution in [2.24, 2.45) is 5.92 Å². The van der Waals surface area contributed by atoms with Crippen LogP contribution < -0.4 is 15.0 Å². The van der Waals surface area contributed by atoms with Gasteiger partial charge in [0.05, 0.1) is 22.8 Å². The Bertz CT molecular complexity index is 1290. The van der Waals surface area contributed by atoms with Crippen LogP contribution in [0.25, 0.3) is 16.9 Å². The zero-order valence-electron chi connectivity index (χ0n) is 20.1. The van der Waals surface area contributed by atoms with Gasteiger partial charge in [-0.3, -0.25) is 4.79 Å². The van der Waals surface area contributed by atoms with Crippen molar-refractivity contribution in [2.45, 2.75) is 65.2 Å². The third kappa shape index (κ3) is 5.11. The molecule has 0 aliphatic carbocycles. The van der Waals surface area contributed by atoms with E-state index in [1.165, 1.54) is 12.1 Å². The topological polar surface area (TPSA) is 118 Å². The SMILES string of the molecule is CCOc1ccc(S(=O)(=O)NCC(C)C)cc1-c1nn2c(C(CC)CC)nc(C)c2c(=O)[nH]1. The van der Waals surface area contributed by atoms with Gasteiger partial charge in [0, 0.05) is 12.5 Å². The molecule has 2 heterocycles. The molecule has 3 rings (SSSR count). The van der Waals surface area contributed by atoms with Crippen LogP contribution in [0.2, 0.25) is 0 Å². The smallest absolute Gasteiger partial charge is 0.277 e. The van der Waals surface area contributed by atoms with Gasteiger partial charge in [-0.2, -0.15) is 0 Å². The molecule has 0 spiro atoms. The van der Waals surface area contributed by atoms with E-state index in [9.17, 15) is 13.2 Å². The van der Waals surface area contributed by atoms with E-state index in [0.29, 0.717) is 35.7 Å². The third-order valence-electron chi connectivity index (χ3n) is 5.55. The van der Waals surface area contributed by atoms with Gasteiger partial charge in [0.1, 0.15) is 11.6 Å². The van der Waals surface area contributed by atoms with Crippen molar-refractivity contribution in [2.75, 3.05) is 13.2 Å². The zero-order valence-corrected chi connectivity index (χ0v) is 20.9. The molecule has 180 valence electrons. The van der Waals surface area contributed by atoms with E-state index in [2.05, 4.69) is 33.6 Å². The first kappa shape index (κ1) is 24.9. The molecule has 10 heteroatoms. The molecule has 2 N–H and O–H groups in total. The van der Waals surface area contributed by atoms with Gasteiger partial charge in [0.2, 0.25) is 10.0 Å². The number of hydrogen-bond acceptors (Lipinski definition) is 6. The Morgan fingerprint density at radius 2 is 1.88 bits per heavy atom. The van der Waals surface area contributed by atoms with Gasteiger partial charge >= 0.3 is 0 Å². The van der Waals surface area contributed by atoms with E-state index in [0.717, 1.165) is 18.7 Å². The normalized spacial score (nSPS) is 12.2. The molecule has 2 aromatic heterocycles. The summed E-state index contributed by atoms with van der Waals surface area (Å²) in [5.74, 6) is 1.69. The molecule has 3 aromatic rings. The molecule has 0 atom stereocenters. The Morgan fingerprint density at radius 1 is 1.18 bits per heavy atom. The average Bonchev–Trinajstić information content (AvgIpc) is 3.10. The fourth-order valence-electron chi connectivity index (χ4n) is 3.74. The molecule has 1 aromatic carbocycles. The first-order valence-electron chi connectivity index (χ1n) is 11.4. The minimum absolute atomic E-state index is 0.0753. The largest absolute Gasteiger partial charge is 0.493 e. The number of fused-ring (bicyclic) bond motifs is 1. The van der Waals surface area contributed by atoms with Crippen LogP contribution in [-0.2, 0) is 10.0 Å².